The average Bonchev–Trinajstić information content (AvgIpc) is 2.63. The van der Waals surface area contributed by atoms with Gasteiger partial charge in [-0.3, -0.25) is 4.99 Å². The minimum Gasteiger partial charge on any atom is -0.497 e. The molecule has 0 heterocycles. The van der Waals surface area contributed by atoms with E-state index in [0.29, 0.717) is 6.04 Å². The number of aliphatic imine (C=N–C) groups is 1. The van der Waals surface area contributed by atoms with E-state index < -0.39 is 0 Å². The highest BCUT2D eigenvalue weighted by molar-refractivity contribution is 6.08. The van der Waals surface area contributed by atoms with Crippen LogP contribution in [0.1, 0.15) is 37.7 Å². The second-order valence-corrected chi connectivity index (χ2v) is 5.99. The first-order valence-corrected chi connectivity index (χ1v) is 8.39. The number of amidine groups is 1. The molecule has 1 fully saturated rings. The summed E-state index contributed by atoms with van der Waals surface area (Å²) in [7, 11) is 1.69. The molecule has 1 N–H and O–H groups in total. The van der Waals surface area contributed by atoms with Gasteiger partial charge in [0.2, 0.25) is 0 Å². The zero-order chi connectivity index (χ0) is 15.9. The fraction of sp³-hybridized carbons (Fsp3) is 0.350. The topological polar surface area (TPSA) is 33.6 Å². The number of ether oxygens (including phenoxy) is 1. The third kappa shape index (κ3) is 4.35. The van der Waals surface area contributed by atoms with Crippen molar-refractivity contribution >= 4 is 11.5 Å². The monoisotopic (exact) mass is 308 g/mol. The summed E-state index contributed by atoms with van der Waals surface area (Å²) in [5.41, 5.74) is 2.13. The molecule has 2 aromatic rings. The van der Waals surface area contributed by atoms with Gasteiger partial charge in [0.15, 0.2) is 0 Å². The Morgan fingerprint density at radius 1 is 1.00 bits per heavy atom. The quantitative estimate of drug-likeness (QED) is 0.644. The van der Waals surface area contributed by atoms with Gasteiger partial charge in [0.05, 0.1) is 13.2 Å². The lowest BCUT2D eigenvalue weighted by Gasteiger charge is -2.20. The summed E-state index contributed by atoms with van der Waals surface area (Å²) in [6.45, 7) is 0. The number of hydrogen-bond acceptors (Lipinski definition) is 2. The Balaban J connectivity index is 1.86. The lowest BCUT2D eigenvalue weighted by Crippen LogP contribution is -2.19. The summed E-state index contributed by atoms with van der Waals surface area (Å²) in [5.74, 6) is 1.80. The molecule has 0 saturated heterocycles. The minimum absolute atomic E-state index is 0.428. The van der Waals surface area contributed by atoms with Crippen molar-refractivity contribution in [3.05, 3.63) is 60.2 Å². The smallest absolute Gasteiger partial charge is 0.133 e. The van der Waals surface area contributed by atoms with Crippen LogP contribution in [0.5, 0.6) is 5.75 Å². The molecule has 120 valence electrons. The average molecular weight is 308 g/mol. The fourth-order valence-electron chi connectivity index (χ4n) is 3.01. The van der Waals surface area contributed by atoms with Crippen LogP contribution < -0.4 is 10.1 Å². The highest BCUT2D eigenvalue weighted by atomic mass is 16.5. The van der Waals surface area contributed by atoms with Gasteiger partial charge in [-0.05, 0) is 25.0 Å². The summed E-state index contributed by atoms with van der Waals surface area (Å²) in [5, 5.41) is 3.49. The van der Waals surface area contributed by atoms with Crippen LogP contribution in [0.25, 0.3) is 0 Å². The molecule has 1 saturated carbocycles. The first-order chi connectivity index (χ1) is 11.3. The molecule has 0 spiro atoms. The molecule has 0 atom stereocenters. The molecular formula is C20H24N2O. The van der Waals surface area contributed by atoms with Crippen molar-refractivity contribution in [3.63, 3.8) is 0 Å². The zero-order valence-electron chi connectivity index (χ0n) is 13.7. The standard InChI is InChI=1S/C20H24N2O/c1-23-19-14-8-13-18(15-19)22-20(16-9-4-2-5-10-16)21-17-11-6-3-7-12-17/h2,4-5,8-10,13-15,17H,3,6-7,11-12H2,1H3,(H,21,22). The molecule has 0 aliphatic heterocycles. The molecule has 0 amide bonds. The van der Waals surface area contributed by atoms with E-state index in [-0.39, 0.29) is 0 Å². The largest absolute Gasteiger partial charge is 0.497 e. The van der Waals surface area contributed by atoms with E-state index in [4.69, 9.17) is 9.73 Å². The maximum atomic E-state index is 5.31. The minimum atomic E-state index is 0.428. The fourth-order valence-corrected chi connectivity index (χ4v) is 3.01. The molecular weight excluding hydrogens is 284 g/mol. The number of rotatable bonds is 4. The third-order valence-electron chi connectivity index (χ3n) is 4.27. The zero-order valence-corrected chi connectivity index (χ0v) is 13.7. The lowest BCUT2D eigenvalue weighted by atomic mass is 9.96. The molecule has 3 heteroatoms. The molecule has 0 unspecified atom stereocenters. The maximum Gasteiger partial charge on any atom is 0.133 e. The van der Waals surface area contributed by atoms with Crippen LogP contribution >= 0.6 is 0 Å². The Kier molecular flexibility index (Phi) is 5.30. The molecule has 3 nitrogen and oxygen atoms in total. The second-order valence-electron chi connectivity index (χ2n) is 5.99. The predicted molar refractivity (Wildman–Crippen MR) is 96.5 cm³/mol. The van der Waals surface area contributed by atoms with Gasteiger partial charge >= 0.3 is 0 Å². The number of hydrogen-bond donors (Lipinski definition) is 1. The number of nitrogens with zero attached hydrogens (tertiary/aromatic N) is 1. The van der Waals surface area contributed by atoms with Crippen molar-refractivity contribution in [2.24, 2.45) is 4.99 Å². The number of nitrogens with one attached hydrogen (secondary N) is 1. The summed E-state index contributed by atoms with van der Waals surface area (Å²) in [6, 6.07) is 18.8. The van der Waals surface area contributed by atoms with Gasteiger partial charge in [-0.25, -0.2) is 0 Å². The van der Waals surface area contributed by atoms with Crippen LogP contribution in [0.3, 0.4) is 0 Å². The second kappa shape index (κ2) is 7.82. The van der Waals surface area contributed by atoms with Gasteiger partial charge in [0, 0.05) is 17.3 Å². The van der Waals surface area contributed by atoms with E-state index in [1.807, 2.05) is 30.3 Å². The highest BCUT2D eigenvalue weighted by Gasteiger charge is 2.14. The molecule has 3 rings (SSSR count). The van der Waals surface area contributed by atoms with Crippen LogP contribution in [0, 0.1) is 0 Å². The van der Waals surface area contributed by atoms with Crippen LogP contribution in [-0.2, 0) is 0 Å². The number of anilines is 1. The van der Waals surface area contributed by atoms with Crippen molar-refractivity contribution in [3.8, 4) is 5.75 Å². The van der Waals surface area contributed by atoms with Crippen LogP contribution in [0.4, 0.5) is 5.69 Å². The van der Waals surface area contributed by atoms with Gasteiger partial charge in [0.25, 0.3) is 0 Å². The normalized spacial score (nSPS) is 16.1. The summed E-state index contributed by atoms with van der Waals surface area (Å²) >= 11 is 0. The molecule has 23 heavy (non-hydrogen) atoms. The van der Waals surface area contributed by atoms with E-state index in [1.165, 1.54) is 32.1 Å². The van der Waals surface area contributed by atoms with E-state index in [9.17, 15) is 0 Å². The van der Waals surface area contributed by atoms with Crippen LogP contribution in [0.2, 0.25) is 0 Å². The molecule has 0 bridgehead atoms. The molecule has 0 aromatic heterocycles. The maximum absolute atomic E-state index is 5.31. The Hall–Kier alpha value is -2.29. The number of benzene rings is 2. The Morgan fingerprint density at radius 3 is 2.52 bits per heavy atom. The predicted octanol–water partition coefficient (Wildman–Crippen LogP) is 4.89. The molecule has 1 aliphatic carbocycles. The highest BCUT2D eigenvalue weighted by Crippen LogP contribution is 2.22. The van der Waals surface area contributed by atoms with Crippen molar-refractivity contribution < 1.29 is 4.74 Å². The van der Waals surface area contributed by atoms with E-state index in [0.717, 1.165) is 22.8 Å². The van der Waals surface area contributed by atoms with Gasteiger partial charge in [-0.15, -0.1) is 0 Å². The van der Waals surface area contributed by atoms with Crippen molar-refractivity contribution in [2.75, 3.05) is 12.4 Å². The van der Waals surface area contributed by atoms with E-state index in [2.05, 4.69) is 29.6 Å². The summed E-state index contributed by atoms with van der Waals surface area (Å²) in [6.07, 6.45) is 6.30. The lowest BCUT2D eigenvalue weighted by molar-refractivity contribution is 0.415. The van der Waals surface area contributed by atoms with Crippen molar-refractivity contribution in [1.82, 2.24) is 0 Å². The van der Waals surface area contributed by atoms with Crippen molar-refractivity contribution in [1.29, 1.82) is 0 Å². The van der Waals surface area contributed by atoms with Gasteiger partial charge < -0.3 is 10.1 Å². The third-order valence-corrected chi connectivity index (χ3v) is 4.27. The van der Waals surface area contributed by atoms with E-state index in [1.54, 1.807) is 7.11 Å². The van der Waals surface area contributed by atoms with Crippen LogP contribution in [0.15, 0.2) is 59.6 Å². The molecule has 1 aliphatic rings. The summed E-state index contributed by atoms with van der Waals surface area (Å²) < 4.78 is 5.31. The van der Waals surface area contributed by atoms with Crippen molar-refractivity contribution in [2.45, 2.75) is 38.1 Å². The molecule has 2 aromatic carbocycles. The van der Waals surface area contributed by atoms with Gasteiger partial charge in [-0.1, -0.05) is 55.7 Å². The summed E-state index contributed by atoms with van der Waals surface area (Å²) in [4.78, 5) is 5.02. The van der Waals surface area contributed by atoms with Gasteiger partial charge in [0.1, 0.15) is 11.6 Å². The Morgan fingerprint density at radius 2 is 1.78 bits per heavy atom. The van der Waals surface area contributed by atoms with Gasteiger partial charge in [-0.2, -0.15) is 0 Å². The SMILES string of the molecule is COc1cccc(NC(=NC2CCCCC2)c2ccccc2)c1. The Bertz CT molecular complexity index is 646. The number of methoxy groups -OCH3 is 1. The Labute approximate surface area is 138 Å². The first kappa shape index (κ1) is 15.6. The molecule has 0 radical (unpaired) electrons. The van der Waals surface area contributed by atoms with E-state index >= 15 is 0 Å². The van der Waals surface area contributed by atoms with Crippen LogP contribution in [-0.4, -0.2) is 19.0 Å². The first-order valence-electron chi connectivity index (χ1n) is 8.39.